The normalized spacial score (nSPS) is 19.5. The van der Waals surface area contributed by atoms with Crippen LogP contribution in [0.15, 0.2) is 73.4 Å². The van der Waals surface area contributed by atoms with Crippen LogP contribution >= 0.6 is 0 Å². The summed E-state index contributed by atoms with van der Waals surface area (Å²) in [5.41, 5.74) is 5.74. The van der Waals surface area contributed by atoms with Crippen LogP contribution in [0.2, 0.25) is 0 Å². The monoisotopic (exact) mass is 690 g/mol. The Hall–Kier alpha value is -5.14. The number of aryl methyl sites for hydroxylation is 1. The maximum Gasteiger partial charge on any atom is 0.234 e. The molecule has 5 aromatic rings. The number of anilines is 3. The molecule has 51 heavy (non-hydrogen) atoms. The highest BCUT2D eigenvalue weighted by molar-refractivity contribution is 6.01. The molecule has 1 atom stereocenters. The van der Waals surface area contributed by atoms with Gasteiger partial charge in [0.15, 0.2) is 11.5 Å². The van der Waals surface area contributed by atoms with Gasteiger partial charge in [-0.25, -0.2) is 14.4 Å². The summed E-state index contributed by atoms with van der Waals surface area (Å²) < 4.78 is 18.6. The van der Waals surface area contributed by atoms with E-state index in [1.807, 2.05) is 48.1 Å². The topological polar surface area (TPSA) is 116 Å². The summed E-state index contributed by atoms with van der Waals surface area (Å²) >= 11 is 0. The molecule has 3 aliphatic rings. The van der Waals surface area contributed by atoms with Gasteiger partial charge in [-0.15, -0.1) is 0 Å². The van der Waals surface area contributed by atoms with E-state index >= 15 is 0 Å². The molecule has 3 fully saturated rings. The fourth-order valence-corrected chi connectivity index (χ4v) is 7.63. The molecule has 6 heterocycles. The molecular formula is C38H43FN10O2. The van der Waals surface area contributed by atoms with Gasteiger partial charge in [-0.3, -0.25) is 28.9 Å². The summed E-state index contributed by atoms with van der Waals surface area (Å²) in [5.74, 6) is -0.310. The van der Waals surface area contributed by atoms with Gasteiger partial charge in [0.05, 0.1) is 35.7 Å². The van der Waals surface area contributed by atoms with Gasteiger partial charge in [0, 0.05) is 88.6 Å². The van der Waals surface area contributed by atoms with E-state index in [-0.39, 0.29) is 23.5 Å². The van der Waals surface area contributed by atoms with Crippen LogP contribution in [0.5, 0.6) is 0 Å². The zero-order valence-corrected chi connectivity index (χ0v) is 28.8. The second-order valence-electron chi connectivity index (χ2n) is 13.9. The van der Waals surface area contributed by atoms with Crippen LogP contribution in [0.1, 0.15) is 48.8 Å². The maximum atomic E-state index is 14.7. The van der Waals surface area contributed by atoms with Gasteiger partial charge in [0.2, 0.25) is 11.8 Å². The molecule has 3 aromatic heterocycles. The second-order valence-corrected chi connectivity index (χ2v) is 13.9. The standard InChI is InChI=1S/C38H43FN10O2/c1-26-2-8-33(39)32(22-26)34-24-41-36(37-40-12-15-48(34)37)43-28-23-42-49(25-28)30-10-13-45(14-11-30)16-17-46-18-20-47(21-19-46)29-5-3-27(4-6-29)31-7-9-35(50)44-38(31)51/h2-6,8,12,15,22-25,30-31H,7,9-11,13-14,16-21H2,1H3,(H,41,43)(H,44,50,51). The number of nitrogens with zero attached hydrogens (tertiary/aromatic N) is 8. The summed E-state index contributed by atoms with van der Waals surface area (Å²) in [6, 6.07) is 13.7. The number of imide groups is 1. The number of rotatable bonds is 9. The van der Waals surface area contributed by atoms with Gasteiger partial charge in [-0.05, 0) is 56.0 Å². The largest absolute Gasteiger partial charge is 0.369 e. The molecule has 0 radical (unpaired) electrons. The van der Waals surface area contributed by atoms with E-state index in [2.05, 4.69) is 57.2 Å². The molecule has 0 spiro atoms. The van der Waals surface area contributed by atoms with Gasteiger partial charge in [-0.1, -0.05) is 23.8 Å². The summed E-state index contributed by atoms with van der Waals surface area (Å²) in [5, 5.41) is 10.5. The first-order chi connectivity index (χ1) is 24.9. The number of benzene rings is 2. The molecule has 0 saturated carbocycles. The van der Waals surface area contributed by atoms with Gasteiger partial charge in [0.1, 0.15) is 5.82 Å². The Bertz CT molecular complexity index is 2030. The van der Waals surface area contributed by atoms with Crippen molar-refractivity contribution in [1.29, 1.82) is 0 Å². The average molecular weight is 691 g/mol. The van der Waals surface area contributed by atoms with Crippen LogP contribution in [0.25, 0.3) is 16.9 Å². The first kappa shape index (κ1) is 33.0. The van der Waals surface area contributed by atoms with Crippen LogP contribution in [0.3, 0.4) is 0 Å². The number of carbonyl (C=O) groups excluding carboxylic acids is 2. The number of piperidine rings is 2. The van der Waals surface area contributed by atoms with Gasteiger partial charge in [0.25, 0.3) is 0 Å². The van der Waals surface area contributed by atoms with Gasteiger partial charge < -0.3 is 15.1 Å². The lowest BCUT2D eigenvalue weighted by Gasteiger charge is -2.38. The van der Waals surface area contributed by atoms with E-state index in [0.717, 1.165) is 82.0 Å². The average Bonchev–Trinajstić information content (AvgIpc) is 3.84. The van der Waals surface area contributed by atoms with Crippen LogP contribution < -0.4 is 15.5 Å². The summed E-state index contributed by atoms with van der Waals surface area (Å²) in [6.07, 6.45) is 12.1. The quantitative estimate of drug-likeness (QED) is 0.211. The number of hydrogen-bond donors (Lipinski definition) is 2. The molecule has 2 amide bonds. The highest BCUT2D eigenvalue weighted by Crippen LogP contribution is 2.30. The van der Waals surface area contributed by atoms with Crippen molar-refractivity contribution in [3.8, 4) is 11.3 Å². The van der Waals surface area contributed by atoms with Crippen molar-refractivity contribution >= 4 is 34.7 Å². The third-order valence-electron chi connectivity index (χ3n) is 10.6. The first-order valence-electron chi connectivity index (χ1n) is 17.9. The Labute approximate surface area is 296 Å². The maximum absolute atomic E-state index is 14.7. The van der Waals surface area contributed by atoms with Crippen LogP contribution in [0, 0.1) is 12.7 Å². The summed E-state index contributed by atoms with van der Waals surface area (Å²) in [7, 11) is 0. The van der Waals surface area contributed by atoms with Crippen molar-refractivity contribution in [3.05, 3.63) is 90.4 Å². The van der Waals surface area contributed by atoms with Crippen LogP contribution in [-0.4, -0.2) is 98.1 Å². The minimum absolute atomic E-state index is 0.179. The highest BCUT2D eigenvalue weighted by atomic mass is 19.1. The number of piperazine rings is 1. The predicted molar refractivity (Wildman–Crippen MR) is 194 cm³/mol. The number of nitrogens with one attached hydrogen (secondary N) is 2. The molecule has 2 aromatic carbocycles. The van der Waals surface area contributed by atoms with Crippen molar-refractivity contribution in [2.24, 2.45) is 0 Å². The fraction of sp³-hybridized carbons (Fsp3) is 0.395. The van der Waals surface area contributed by atoms with Crippen molar-refractivity contribution in [1.82, 2.24) is 39.3 Å². The van der Waals surface area contributed by atoms with E-state index in [0.29, 0.717) is 41.6 Å². The van der Waals surface area contributed by atoms with Crippen LogP contribution in [0.4, 0.5) is 21.6 Å². The third kappa shape index (κ3) is 7.08. The molecule has 8 rings (SSSR count). The van der Waals surface area contributed by atoms with E-state index in [1.54, 1.807) is 18.5 Å². The smallest absolute Gasteiger partial charge is 0.234 e. The minimum atomic E-state index is -0.294. The molecule has 1 unspecified atom stereocenters. The lowest BCUT2D eigenvalue weighted by Crippen LogP contribution is -2.49. The molecular weight excluding hydrogens is 647 g/mol. The van der Waals surface area contributed by atoms with Gasteiger partial charge in [-0.2, -0.15) is 5.10 Å². The highest BCUT2D eigenvalue weighted by Gasteiger charge is 2.28. The Balaban J connectivity index is 0.794. The van der Waals surface area contributed by atoms with Crippen molar-refractivity contribution in [2.75, 3.05) is 62.6 Å². The lowest BCUT2D eigenvalue weighted by molar-refractivity contribution is -0.134. The number of carbonyl (C=O) groups is 2. The van der Waals surface area contributed by atoms with Gasteiger partial charge >= 0.3 is 0 Å². The van der Waals surface area contributed by atoms with Crippen molar-refractivity contribution in [2.45, 2.75) is 44.6 Å². The number of amides is 2. The molecule has 2 N–H and O–H groups in total. The SMILES string of the molecule is Cc1ccc(F)c(-c2cnc(Nc3cnn(C4CCN(CCN5CCN(c6ccc(C7CCC(=O)NC7=O)cc6)CC5)CC4)c3)c3nccn23)c1. The Morgan fingerprint density at radius 3 is 2.43 bits per heavy atom. The number of aromatic nitrogens is 5. The number of likely N-dealkylation sites (tertiary alicyclic amines) is 1. The van der Waals surface area contributed by atoms with Crippen molar-refractivity contribution < 1.29 is 14.0 Å². The summed E-state index contributed by atoms with van der Waals surface area (Å²) in [4.78, 5) is 40.4. The molecule has 0 aliphatic carbocycles. The van der Waals surface area contributed by atoms with E-state index in [1.165, 1.54) is 11.8 Å². The second kappa shape index (κ2) is 14.2. The van der Waals surface area contributed by atoms with E-state index < -0.39 is 0 Å². The van der Waals surface area contributed by atoms with E-state index in [9.17, 15) is 14.0 Å². The Kier molecular flexibility index (Phi) is 9.22. The first-order valence-corrected chi connectivity index (χ1v) is 17.9. The Morgan fingerprint density at radius 1 is 0.902 bits per heavy atom. The number of hydrogen-bond acceptors (Lipinski definition) is 9. The zero-order chi connectivity index (χ0) is 34.9. The molecule has 13 heteroatoms. The lowest BCUT2D eigenvalue weighted by atomic mass is 9.90. The molecule has 264 valence electrons. The summed E-state index contributed by atoms with van der Waals surface area (Å²) in [6.45, 7) is 10.2. The van der Waals surface area contributed by atoms with E-state index in [4.69, 9.17) is 0 Å². The molecule has 3 aliphatic heterocycles. The minimum Gasteiger partial charge on any atom is -0.369 e. The third-order valence-corrected chi connectivity index (χ3v) is 10.6. The fourth-order valence-electron chi connectivity index (χ4n) is 7.63. The van der Waals surface area contributed by atoms with Crippen LogP contribution in [-0.2, 0) is 9.59 Å². The molecule has 12 nitrogen and oxygen atoms in total. The Morgan fingerprint density at radius 2 is 1.67 bits per heavy atom. The molecule has 3 saturated heterocycles. The number of halogens is 1. The van der Waals surface area contributed by atoms with Crippen molar-refractivity contribution in [3.63, 3.8) is 0 Å². The molecule has 0 bridgehead atoms. The zero-order valence-electron chi connectivity index (χ0n) is 28.8. The number of fused-ring (bicyclic) bond motifs is 1. The number of imidazole rings is 1. The predicted octanol–water partition coefficient (Wildman–Crippen LogP) is 4.76.